The van der Waals surface area contributed by atoms with Crippen LogP contribution in [-0.2, 0) is 24.5 Å². The molecule has 3 aromatic rings. The Balaban J connectivity index is 1.58. The number of hydrogen-bond donors (Lipinski definition) is 0. The third kappa shape index (κ3) is 4.00. The largest absolute Gasteiger partial charge is 0.416 e. The fourth-order valence-electron chi connectivity index (χ4n) is 3.89. The van der Waals surface area contributed by atoms with Crippen molar-refractivity contribution in [3.05, 3.63) is 65.2 Å². The van der Waals surface area contributed by atoms with Crippen LogP contribution in [0.1, 0.15) is 29.7 Å². The van der Waals surface area contributed by atoms with Crippen LogP contribution in [-0.4, -0.2) is 33.6 Å². The maximum absolute atomic E-state index is 13.8. The first kappa shape index (κ1) is 19.8. The van der Waals surface area contributed by atoms with E-state index < -0.39 is 17.6 Å². The normalized spacial score (nSPS) is 21.0. The van der Waals surface area contributed by atoms with Crippen LogP contribution in [0.4, 0.5) is 17.6 Å². The van der Waals surface area contributed by atoms with E-state index in [1.165, 1.54) is 0 Å². The Morgan fingerprint density at radius 1 is 1.17 bits per heavy atom. The van der Waals surface area contributed by atoms with Crippen LogP contribution in [0.2, 0.25) is 0 Å². The second-order valence-corrected chi connectivity index (χ2v) is 7.45. The third-order valence-corrected chi connectivity index (χ3v) is 5.44. The van der Waals surface area contributed by atoms with Gasteiger partial charge in [-0.3, -0.25) is 4.90 Å². The van der Waals surface area contributed by atoms with Gasteiger partial charge in [0.25, 0.3) is 0 Å². The van der Waals surface area contributed by atoms with E-state index in [0.717, 1.165) is 28.7 Å². The lowest BCUT2D eigenvalue weighted by Crippen LogP contribution is -2.44. The number of alkyl halides is 3. The predicted octanol–water partition coefficient (Wildman–Crippen LogP) is 4.69. The summed E-state index contributed by atoms with van der Waals surface area (Å²) in [5.41, 5.74) is 2.18. The van der Waals surface area contributed by atoms with Crippen molar-refractivity contribution < 1.29 is 22.3 Å². The van der Waals surface area contributed by atoms with Crippen LogP contribution in [0.25, 0.3) is 11.0 Å². The van der Waals surface area contributed by atoms with Crippen molar-refractivity contribution >= 4 is 11.0 Å². The van der Waals surface area contributed by atoms with E-state index in [2.05, 4.69) is 4.98 Å². The van der Waals surface area contributed by atoms with E-state index in [9.17, 15) is 17.6 Å². The molecule has 0 amide bonds. The lowest BCUT2D eigenvalue weighted by Gasteiger charge is -2.39. The molecule has 2 aromatic carbocycles. The fourth-order valence-corrected chi connectivity index (χ4v) is 3.89. The summed E-state index contributed by atoms with van der Waals surface area (Å²) in [6, 6.07) is 8.53. The molecular weight excluding hydrogens is 386 g/mol. The summed E-state index contributed by atoms with van der Waals surface area (Å²) in [6.07, 6.45) is -3.07. The van der Waals surface area contributed by atoms with Gasteiger partial charge in [0.05, 0.1) is 35.6 Å². The smallest absolute Gasteiger partial charge is 0.371 e. The Kier molecular flexibility index (Phi) is 5.08. The topological polar surface area (TPSA) is 30.3 Å². The zero-order valence-electron chi connectivity index (χ0n) is 16.1. The van der Waals surface area contributed by atoms with E-state index in [-0.39, 0.29) is 18.7 Å². The number of ether oxygens (including phenoxy) is 1. The minimum atomic E-state index is -4.57. The second kappa shape index (κ2) is 7.42. The van der Waals surface area contributed by atoms with Gasteiger partial charge < -0.3 is 9.30 Å². The predicted molar refractivity (Wildman–Crippen MR) is 101 cm³/mol. The first-order valence-corrected chi connectivity index (χ1v) is 9.35. The zero-order chi connectivity index (χ0) is 20.8. The molecular formula is C21H21F4N3O. The molecule has 0 radical (unpaired) electrons. The highest BCUT2D eigenvalue weighted by atomic mass is 19.4. The van der Waals surface area contributed by atoms with Gasteiger partial charge in [0.2, 0.25) is 0 Å². The van der Waals surface area contributed by atoms with Crippen LogP contribution >= 0.6 is 0 Å². The van der Waals surface area contributed by atoms with Crippen molar-refractivity contribution in [1.29, 1.82) is 0 Å². The van der Waals surface area contributed by atoms with Gasteiger partial charge in [0, 0.05) is 26.2 Å². The lowest BCUT2D eigenvalue weighted by molar-refractivity contribution is -0.137. The summed E-state index contributed by atoms with van der Waals surface area (Å²) in [5, 5.41) is 0. The number of fused-ring (bicyclic) bond motifs is 1. The Hall–Kier alpha value is -2.45. The van der Waals surface area contributed by atoms with E-state index in [4.69, 9.17) is 4.74 Å². The Labute approximate surface area is 165 Å². The molecule has 1 aromatic heterocycles. The lowest BCUT2D eigenvalue weighted by atomic mass is 9.99. The minimum absolute atomic E-state index is 0.0907. The molecule has 8 heteroatoms. The number of rotatable bonds is 3. The third-order valence-electron chi connectivity index (χ3n) is 5.44. The van der Waals surface area contributed by atoms with Crippen molar-refractivity contribution in [2.45, 2.75) is 31.8 Å². The van der Waals surface area contributed by atoms with Crippen molar-refractivity contribution in [2.24, 2.45) is 7.05 Å². The van der Waals surface area contributed by atoms with Crippen LogP contribution in [0.5, 0.6) is 0 Å². The number of aromatic nitrogens is 2. The Bertz CT molecular complexity index is 1030. The van der Waals surface area contributed by atoms with Crippen LogP contribution in [0.15, 0.2) is 42.7 Å². The molecule has 0 N–H and O–H groups in total. The van der Waals surface area contributed by atoms with Crippen LogP contribution in [0.3, 0.4) is 0 Å². The summed E-state index contributed by atoms with van der Waals surface area (Å²) in [6.45, 7) is 3.19. The van der Waals surface area contributed by atoms with Crippen LogP contribution < -0.4 is 0 Å². The highest BCUT2D eigenvalue weighted by molar-refractivity contribution is 5.76. The molecule has 4 rings (SSSR count). The van der Waals surface area contributed by atoms with E-state index in [0.29, 0.717) is 24.8 Å². The maximum Gasteiger partial charge on any atom is 0.416 e. The van der Waals surface area contributed by atoms with Crippen molar-refractivity contribution in [3.63, 3.8) is 0 Å². The number of imidazole rings is 1. The monoisotopic (exact) mass is 407 g/mol. The summed E-state index contributed by atoms with van der Waals surface area (Å²) in [5.74, 6) is -0.881. The van der Waals surface area contributed by atoms with Crippen LogP contribution in [0, 0.1) is 5.82 Å². The molecule has 1 aliphatic heterocycles. The van der Waals surface area contributed by atoms with Gasteiger partial charge in [0.1, 0.15) is 5.82 Å². The zero-order valence-corrected chi connectivity index (χ0v) is 16.1. The second-order valence-electron chi connectivity index (χ2n) is 7.45. The molecule has 2 atom stereocenters. The van der Waals surface area contributed by atoms with Gasteiger partial charge >= 0.3 is 6.18 Å². The summed E-state index contributed by atoms with van der Waals surface area (Å²) in [7, 11) is 1.92. The first-order valence-electron chi connectivity index (χ1n) is 9.35. The molecule has 154 valence electrons. The Morgan fingerprint density at radius 3 is 2.72 bits per heavy atom. The SMILES string of the molecule is CC1C(c2ccc3ncn(C)c3c2)OCCN1Cc1cc(F)cc(C(F)(F)F)c1. The molecule has 2 heterocycles. The molecule has 1 saturated heterocycles. The van der Waals surface area contributed by atoms with E-state index in [1.807, 2.05) is 41.6 Å². The highest BCUT2D eigenvalue weighted by Gasteiger charge is 2.33. The number of aryl methyl sites for hydroxylation is 1. The number of morpholine rings is 1. The molecule has 0 spiro atoms. The summed E-state index contributed by atoms with van der Waals surface area (Å²) < 4.78 is 60.7. The summed E-state index contributed by atoms with van der Waals surface area (Å²) in [4.78, 5) is 6.34. The number of nitrogens with zero attached hydrogens (tertiary/aromatic N) is 3. The Morgan fingerprint density at radius 2 is 1.97 bits per heavy atom. The van der Waals surface area contributed by atoms with Crippen molar-refractivity contribution in [1.82, 2.24) is 14.5 Å². The molecule has 0 bridgehead atoms. The highest BCUT2D eigenvalue weighted by Crippen LogP contribution is 2.33. The van der Waals surface area contributed by atoms with Crippen molar-refractivity contribution in [2.75, 3.05) is 13.2 Å². The fraction of sp³-hybridized carbons (Fsp3) is 0.381. The first-order chi connectivity index (χ1) is 13.7. The van der Waals surface area contributed by atoms with Gasteiger partial charge in [-0.25, -0.2) is 9.37 Å². The standard InChI is InChI=1S/C21H21F4N3O/c1-13-20(15-3-4-18-19(9-15)27(2)12-26-18)29-6-5-28(13)11-14-7-16(21(23,24)25)10-17(22)8-14/h3-4,7-10,12-13,20H,5-6,11H2,1-2H3. The molecule has 29 heavy (non-hydrogen) atoms. The molecule has 4 nitrogen and oxygen atoms in total. The molecule has 1 fully saturated rings. The average Bonchev–Trinajstić information content (AvgIpc) is 3.03. The van der Waals surface area contributed by atoms with Gasteiger partial charge in [-0.15, -0.1) is 0 Å². The molecule has 0 saturated carbocycles. The number of hydrogen-bond acceptors (Lipinski definition) is 3. The summed E-state index contributed by atoms with van der Waals surface area (Å²) >= 11 is 0. The van der Waals surface area contributed by atoms with E-state index in [1.54, 1.807) is 6.33 Å². The van der Waals surface area contributed by atoms with Crippen molar-refractivity contribution in [3.8, 4) is 0 Å². The number of halogens is 4. The van der Waals surface area contributed by atoms with Gasteiger partial charge in [-0.1, -0.05) is 6.07 Å². The quantitative estimate of drug-likeness (QED) is 0.590. The van der Waals surface area contributed by atoms with Gasteiger partial charge in [0.15, 0.2) is 0 Å². The molecule has 1 aliphatic rings. The van der Waals surface area contributed by atoms with Gasteiger partial charge in [-0.05, 0) is 48.4 Å². The maximum atomic E-state index is 13.8. The van der Waals surface area contributed by atoms with Gasteiger partial charge in [-0.2, -0.15) is 13.2 Å². The molecule has 2 unspecified atom stereocenters. The number of benzene rings is 2. The molecule has 0 aliphatic carbocycles. The average molecular weight is 407 g/mol. The van der Waals surface area contributed by atoms with E-state index >= 15 is 0 Å². The minimum Gasteiger partial charge on any atom is -0.371 e.